The van der Waals surface area contributed by atoms with Gasteiger partial charge in [0.05, 0.1) is 12.2 Å². The molecule has 1 saturated carbocycles. The first-order valence-corrected chi connectivity index (χ1v) is 16.5. The van der Waals surface area contributed by atoms with Gasteiger partial charge in [-0.2, -0.15) is 8.42 Å². The predicted octanol–water partition coefficient (Wildman–Crippen LogP) is 4.50. The number of anilines is 2. The normalized spacial score (nSPS) is 23.5. The van der Waals surface area contributed by atoms with Crippen molar-refractivity contribution in [1.29, 1.82) is 0 Å². The van der Waals surface area contributed by atoms with Crippen LogP contribution in [0.3, 0.4) is 0 Å². The lowest BCUT2D eigenvalue weighted by Crippen LogP contribution is -2.41. The minimum atomic E-state index is -4.33. The van der Waals surface area contributed by atoms with Gasteiger partial charge in [-0.15, -0.1) is 5.10 Å². The van der Waals surface area contributed by atoms with Gasteiger partial charge in [0.15, 0.2) is 10.8 Å². The Morgan fingerprint density at radius 3 is 2.74 bits per heavy atom. The molecule has 43 heavy (non-hydrogen) atoms. The Morgan fingerprint density at radius 1 is 1.12 bits per heavy atom. The summed E-state index contributed by atoms with van der Waals surface area (Å²) < 4.78 is 51.1. The summed E-state index contributed by atoms with van der Waals surface area (Å²) in [6.07, 6.45) is 7.63. The molecule has 0 spiro atoms. The summed E-state index contributed by atoms with van der Waals surface area (Å²) in [5, 5.41) is 7.09. The Hall–Kier alpha value is -3.74. The topological polar surface area (TPSA) is 131 Å². The first-order chi connectivity index (χ1) is 20.6. The van der Waals surface area contributed by atoms with Crippen molar-refractivity contribution in [3.05, 3.63) is 48.2 Å². The standard InChI is InChI=1S/C30H38FN7O4S/c1-30(2)17-21-16-22(31)18-32-24-8-5-9-27(33-24)43(40,41)36-29(39)23-10-11-25(34-28(23)37(30)19-21)38-14-12-26(35-38)42-15-13-20-6-3-4-7-20/h5,8-12,14,20-22H,3-4,6-7,13,15-19H2,1-2H3,(H,32,33)(H,36,39)/t21-,22-/m1/s1. The molecule has 3 aliphatic rings. The lowest BCUT2D eigenvalue weighted by atomic mass is 9.93. The van der Waals surface area contributed by atoms with Crippen molar-refractivity contribution in [2.45, 2.75) is 75.5 Å². The highest BCUT2D eigenvalue weighted by Gasteiger charge is 2.42. The molecule has 11 nitrogen and oxygen atoms in total. The van der Waals surface area contributed by atoms with Crippen LogP contribution in [-0.2, 0) is 10.0 Å². The van der Waals surface area contributed by atoms with Gasteiger partial charge in [-0.25, -0.2) is 23.8 Å². The maximum absolute atomic E-state index is 15.1. The molecule has 1 amide bonds. The van der Waals surface area contributed by atoms with Gasteiger partial charge in [0.25, 0.3) is 15.9 Å². The summed E-state index contributed by atoms with van der Waals surface area (Å²) in [6, 6.07) is 9.29. The molecule has 1 aliphatic carbocycles. The van der Waals surface area contributed by atoms with E-state index in [1.165, 1.54) is 37.8 Å². The number of hydrogen-bond acceptors (Lipinski definition) is 9. The van der Waals surface area contributed by atoms with E-state index >= 15 is 4.39 Å². The molecule has 1 saturated heterocycles. The van der Waals surface area contributed by atoms with Gasteiger partial charge in [0.2, 0.25) is 5.88 Å². The number of alkyl halides is 1. The highest BCUT2D eigenvalue weighted by Crippen LogP contribution is 2.40. The largest absolute Gasteiger partial charge is 0.477 e. The second-order valence-electron chi connectivity index (χ2n) is 12.4. The lowest BCUT2D eigenvalue weighted by molar-refractivity contribution is 0.0981. The first kappa shape index (κ1) is 29.3. The Labute approximate surface area is 251 Å². The maximum Gasteiger partial charge on any atom is 0.281 e. The number of carbonyl (C=O) groups excluding carboxylic acids is 1. The van der Waals surface area contributed by atoms with E-state index in [2.05, 4.69) is 20.1 Å². The first-order valence-electron chi connectivity index (χ1n) is 15.0. The Morgan fingerprint density at radius 2 is 1.93 bits per heavy atom. The Bertz CT molecular complexity index is 1590. The molecule has 230 valence electrons. The lowest BCUT2D eigenvalue weighted by Gasteiger charge is -2.34. The van der Waals surface area contributed by atoms with Crippen LogP contribution in [0.1, 0.15) is 69.2 Å². The molecular weight excluding hydrogens is 573 g/mol. The van der Waals surface area contributed by atoms with Gasteiger partial charge in [-0.05, 0) is 69.2 Å². The van der Waals surface area contributed by atoms with Crippen LogP contribution in [0.4, 0.5) is 16.0 Å². The zero-order valence-corrected chi connectivity index (χ0v) is 25.3. The molecule has 2 fully saturated rings. The van der Waals surface area contributed by atoms with Crippen molar-refractivity contribution in [2.24, 2.45) is 11.8 Å². The van der Waals surface area contributed by atoms with Crippen molar-refractivity contribution >= 4 is 27.6 Å². The molecule has 0 radical (unpaired) electrons. The predicted molar refractivity (Wildman–Crippen MR) is 160 cm³/mol. The van der Waals surface area contributed by atoms with Gasteiger partial charge >= 0.3 is 0 Å². The number of nitrogens with one attached hydrogen (secondary N) is 2. The fourth-order valence-corrected chi connectivity index (χ4v) is 7.49. The average Bonchev–Trinajstić information content (AvgIpc) is 3.72. The molecule has 13 heteroatoms. The summed E-state index contributed by atoms with van der Waals surface area (Å²) >= 11 is 0. The van der Waals surface area contributed by atoms with E-state index in [0.717, 1.165) is 6.42 Å². The van der Waals surface area contributed by atoms with E-state index in [1.54, 1.807) is 35.1 Å². The number of ether oxygens (including phenoxy) is 1. The summed E-state index contributed by atoms with van der Waals surface area (Å²) in [6.45, 7) is 5.08. The van der Waals surface area contributed by atoms with Crippen LogP contribution in [0.2, 0.25) is 0 Å². The molecular formula is C30H38FN7O4S. The number of carbonyl (C=O) groups is 1. The number of aromatic nitrogens is 4. The van der Waals surface area contributed by atoms with E-state index in [-0.39, 0.29) is 28.9 Å². The zero-order chi connectivity index (χ0) is 30.2. The molecule has 3 aromatic rings. The van der Waals surface area contributed by atoms with E-state index in [9.17, 15) is 13.2 Å². The number of rotatable bonds is 5. The van der Waals surface area contributed by atoms with E-state index in [0.29, 0.717) is 49.4 Å². The molecule has 4 bridgehead atoms. The summed E-state index contributed by atoms with van der Waals surface area (Å²) in [5.74, 6) is 1.33. The van der Waals surface area contributed by atoms with Gasteiger partial charge in [-0.1, -0.05) is 31.7 Å². The molecule has 5 heterocycles. The van der Waals surface area contributed by atoms with Gasteiger partial charge < -0.3 is 15.0 Å². The number of halogens is 1. The van der Waals surface area contributed by atoms with E-state index in [1.807, 2.05) is 18.7 Å². The van der Waals surface area contributed by atoms with Crippen LogP contribution in [0.25, 0.3) is 5.82 Å². The number of hydrogen-bond donors (Lipinski definition) is 2. The number of pyridine rings is 2. The fraction of sp³-hybridized carbons (Fsp3) is 0.533. The Balaban J connectivity index is 1.33. The molecule has 6 rings (SSSR count). The van der Waals surface area contributed by atoms with Crippen LogP contribution < -0.4 is 19.7 Å². The van der Waals surface area contributed by atoms with Gasteiger partial charge in [0, 0.05) is 30.9 Å². The highest BCUT2D eigenvalue weighted by molar-refractivity contribution is 7.90. The van der Waals surface area contributed by atoms with Crippen molar-refractivity contribution in [1.82, 2.24) is 24.5 Å². The highest BCUT2D eigenvalue weighted by atomic mass is 32.2. The number of sulfonamides is 1. The third-order valence-corrected chi connectivity index (χ3v) is 9.92. The van der Waals surface area contributed by atoms with Crippen LogP contribution in [-0.4, -0.2) is 65.5 Å². The van der Waals surface area contributed by atoms with Gasteiger partial charge in [-0.3, -0.25) is 4.79 Å². The molecule has 2 aliphatic heterocycles. The van der Waals surface area contributed by atoms with E-state index < -0.39 is 27.6 Å². The Kier molecular flexibility index (Phi) is 8.01. The fourth-order valence-electron chi connectivity index (χ4n) is 6.56. The van der Waals surface area contributed by atoms with E-state index in [4.69, 9.17) is 9.72 Å². The maximum atomic E-state index is 15.1. The van der Waals surface area contributed by atoms with Crippen molar-refractivity contribution in [2.75, 3.05) is 29.9 Å². The van der Waals surface area contributed by atoms with Crippen LogP contribution >= 0.6 is 0 Å². The molecule has 2 atom stereocenters. The number of amides is 1. The number of nitrogens with zero attached hydrogens (tertiary/aromatic N) is 5. The molecule has 0 aromatic carbocycles. The minimum Gasteiger partial charge on any atom is -0.477 e. The smallest absolute Gasteiger partial charge is 0.281 e. The quantitative estimate of drug-likeness (QED) is 0.428. The van der Waals surface area contributed by atoms with Crippen molar-refractivity contribution in [3.63, 3.8) is 0 Å². The third kappa shape index (κ3) is 6.46. The second kappa shape index (κ2) is 11.7. The third-order valence-electron chi connectivity index (χ3n) is 8.69. The molecule has 2 N–H and O–H groups in total. The molecule has 3 aromatic heterocycles. The van der Waals surface area contributed by atoms with Crippen molar-refractivity contribution < 1.29 is 22.3 Å². The summed E-state index contributed by atoms with van der Waals surface area (Å²) in [7, 11) is -4.33. The SMILES string of the molecule is CC1(C)C[C@H]2C[C@@H](F)CNc3cccc(n3)S(=O)(=O)NC(=O)c3ccc(-n4ccc(OCCC5CCCC5)n4)nc3N1C2. The van der Waals surface area contributed by atoms with Crippen LogP contribution in [0, 0.1) is 11.8 Å². The van der Waals surface area contributed by atoms with Crippen LogP contribution in [0.15, 0.2) is 47.6 Å². The second-order valence-corrected chi connectivity index (χ2v) is 14.1. The summed E-state index contributed by atoms with van der Waals surface area (Å²) in [5.41, 5.74) is -0.388. The number of fused-ring (bicyclic) bond motifs is 6. The monoisotopic (exact) mass is 611 g/mol. The van der Waals surface area contributed by atoms with Gasteiger partial charge in [0.1, 0.15) is 17.8 Å². The van der Waals surface area contributed by atoms with Crippen molar-refractivity contribution in [3.8, 4) is 11.7 Å². The average molecular weight is 612 g/mol. The molecule has 0 unspecified atom stereocenters. The minimum absolute atomic E-state index is 0.00843. The van der Waals surface area contributed by atoms with Crippen LogP contribution in [0.5, 0.6) is 5.88 Å². The summed E-state index contributed by atoms with van der Waals surface area (Å²) in [4.78, 5) is 24.5. The zero-order valence-electron chi connectivity index (χ0n) is 24.5.